The lowest BCUT2D eigenvalue weighted by atomic mass is 10.2. The van der Waals surface area contributed by atoms with Crippen LogP contribution in [0.2, 0.25) is 0 Å². The molecule has 0 saturated heterocycles. The summed E-state index contributed by atoms with van der Waals surface area (Å²) < 4.78 is 5.78. The molecular formula is C15H28N2O. The second-order valence-corrected chi connectivity index (χ2v) is 5.92. The molecule has 1 heterocycles. The van der Waals surface area contributed by atoms with Crippen LogP contribution in [0.5, 0.6) is 0 Å². The smallest absolute Gasteiger partial charge is 0.118 e. The molecule has 104 valence electrons. The van der Waals surface area contributed by atoms with Crippen molar-refractivity contribution in [3.05, 3.63) is 23.2 Å². The molecule has 3 nitrogen and oxygen atoms in total. The average Bonchev–Trinajstić information content (AvgIpc) is 2.55. The maximum absolute atomic E-state index is 5.78. The Hall–Kier alpha value is -0.800. The zero-order valence-corrected chi connectivity index (χ0v) is 12.7. The summed E-state index contributed by atoms with van der Waals surface area (Å²) >= 11 is 0. The summed E-state index contributed by atoms with van der Waals surface area (Å²) in [5, 5.41) is 3.38. The standard InChI is InChI=1S/C15H28N2O/c1-11(2)9-17(6)10-14-7-15(18-13(14)5)8-16-12(3)4/h7,11-12,16H,8-10H2,1-6H3. The van der Waals surface area contributed by atoms with Crippen molar-refractivity contribution in [2.45, 2.75) is 53.8 Å². The molecule has 0 aromatic carbocycles. The average molecular weight is 252 g/mol. The summed E-state index contributed by atoms with van der Waals surface area (Å²) in [6, 6.07) is 2.67. The van der Waals surface area contributed by atoms with Gasteiger partial charge in [-0.1, -0.05) is 27.7 Å². The maximum Gasteiger partial charge on any atom is 0.118 e. The summed E-state index contributed by atoms with van der Waals surface area (Å²) in [7, 11) is 2.17. The molecule has 0 unspecified atom stereocenters. The van der Waals surface area contributed by atoms with Gasteiger partial charge in [-0.05, 0) is 26.0 Å². The van der Waals surface area contributed by atoms with E-state index in [9.17, 15) is 0 Å². The van der Waals surface area contributed by atoms with Crippen LogP contribution in [0.25, 0.3) is 0 Å². The third-order valence-corrected chi connectivity index (χ3v) is 2.87. The van der Waals surface area contributed by atoms with Crippen molar-refractivity contribution in [3.63, 3.8) is 0 Å². The number of hydrogen-bond acceptors (Lipinski definition) is 3. The summed E-state index contributed by atoms with van der Waals surface area (Å²) in [4.78, 5) is 2.35. The first-order valence-electron chi connectivity index (χ1n) is 6.88. The second kappa shape index (κ2) is 6.95. The number of furan rings is 1. The van der Waals surface area contributed by atoms with Gasteiger partial charge in [0.05, 0.1) is 6.54 Å². The quantitative estimate of drug-likeness (QED) is 0.808. The topological polar surface area (TPSA) is 28.4 Å². The first-order valence-corrected chi connectivity index (χ1v) is 6.88. The number of aryl methyl sites for hydroxylation is 1. The van der Waals surface area contributed by atoms with Crippen molar-refractivity contribution in [2.75, 3.05) is 13.6 Å². The SMILES string of the molecule is Cc1oc(CNC(C)C)cc1CN(C)CC(C)C. The van der Waals surface area contributed by atoms with Crippen LogP contribution >= 0.6 is 0 Å². The van der Waals surface area contributed by atoms with E-state index in [0.717, 1.165) is 31.2 Å². The van der Waals surface area contributed by atoms with Gasteiger partial charge in [0.1, 0.15) is 11.5 Å². The predicted octanol–water partition coefficient (Wildman–Crippen LogP) is 3.17. The third-order valence-electron chi connectivity index (χ3n) is 2.87. The van der Waals surface area contributed by atoms with Crippen molar-refractivity contribution >= 4 is 0 Å². The molecule has 0 bridgehead atoms. The minimum Gasteiger partial charge on any atom is -0.465 e. The molecule has 1 aromatic heterocycles. The van der Waals surface area contributed by atoms with Crippen LogP contribution in [0.15, 0.2) is 10.5 Å². The molecule has 1 rings (SSSR count). The van der Waals surface area contributed by atoms with Crippen molar-refractivity contribution in [2.24, 2.45) is 5.92 Å². The van der Waals surface area contributed by atoms with E-state index in [2.05, 4.69) is 57.9 Å². The molecule has 0 aliphatic carbocycles. The van der Waals surface area contributed by atoms with Gasteiger partial charge >= 0.3 is 0 Å². The summed E-state index contributed by atoms with van der Waals surface area (Å²) in [6.07, 6.45) is 0. The lowest BCUT2D eigenvalue weighted by Gasteiger charge is -2.18. The molecule has 0 saturated carbocycles. The Morgan fingerprint density at radius 2 is 1.94 bits per heavy atom. The van der Waals surface area contributed by atoms with Crippen LogP contribution in [-0.2, 0) is 13.1 Å². The van der Waals surface area contributed by atoms with E-state index in [1.54, 1.807) is 0 Å². The van der Waals surface area contributed by atoms with Crippen LogP contribution in [0.4, 0.5) is 0 Å². The fraction of sp³-hybridized carbons (Fsp3) is 0.733. The Bertz CT molecular complexity index is 355. The highest BCUT2D eigenvalue weighted by Gasteiger charge is 2.10. The van der Waals surface area contributed by atoms with Gasteiger partial charge in [0, 0.05) is 24.7 Å². The van der Waals surface area contributed by atoms with Crippen LogP contribution in [0.1, 0.15) is 44.8 Å². The van der Waals surface area contributed by atoms with Crippen LogP contribution < -0.4 is 5.32 Å². The normalized spacial score (nSPS) is 12.1. The van der Waals surface area contributed by atoms with E-state index in [-0.39, 0.29) is 0 Å². The first kappa shape index (κ1) is 15.3. The molecular weight excluding hydrogens is 224 g/mol. The van der Waals surface area contributed by atoms with Crippen molar-refractivity contribution in [3.8, 4) is 0 Å². The summed E-state index contributed by atoms with van der Waals surface area (Å²) in [6.45, 7) is 13.7. The van der Waals surface area contributed by atoms with E-state index in [1.165, 1.54) is 5.56 Å². The van der Waals surface area contributed by atoms with Crippen molar-refractivity contribution in [1.29, 1.82) is 0 Å². The molecule has 0 atom stereocenters. The van der Waals surface area contributed by atoms with E-state index in [1.807, 2.05) is 0 Å². The van der Waals surface area contributed by atoms with E-state index in [4.69, 9.17) is 4.42 Å². The van der Waals surface area contributed by atoms with Gasteiger partial charge in [-0.25, -0.2) is 0 Å². The van der Waals surface area contributed by atoms with Crippen molar-refractivity contribution < 1.29 is 4.42 Å². The predicted molar refractivity (Wildman–Crippen MR) is 76.6 cm³/mol. The first-order chi connectivity index (χ1) is 8.38. The molecule has 0 aliphatic heterocycles. The maximum atomic E-state index is 5.78. The van der Waals surface area contributed by atoms with Crippen LogP contribution in [0.3, 0.4) is 0 Å². The Kier molecular flexibility index (Phi) is 5.89. The molecule has 1 aromatic rings. The van der Waals surface area contributed by atoms with E-state index in [0.29, 0.717) is 12.0 Å². The Morgan fingerprint density at radius 1 is 1.28 bits per heavy atom. The largest absolute Gasteiger partial charge is 0.465 e. The highest BCUT2D eigenvalue weighted by atomic mass is 16.3. The third kappa shape index (κ3) is 5.23. The lowest BCUT2D eigenvalue weighted by Crippen LogP contribution is -2.23. The zero-order valence-electron chi connectivity index (χ0n) is 12.7. The zero-order chi connectivity index (χ0) is 13.7. The minimum absolute atomic E-state index is 0.488. The van der Waals surface area contributed by atoms with Gasteiger partial charge in [-0.2, -0.15) is 0 Å². The molecule has 1 N–H and O–H groups in total. The number of rotatable bonds is 7. The fourth-order valence-electron chi connectivity index (χ4n) is 2.12. The van der Waals surface area contributed by atoms with Crippen LogP contribution in [-0.4, -0.2) is 24.5 Å². The van der Waals surface area contributed by atoms with Crippen molar-refractivity contribution in [1.82, 2.24) is 10.2 Å². The van der Waals surface area contributed by atoms with Gasteiger partial charge in [-0.15, -0.1) is 0 Å². The van der Waals surface area contributed by atoms with Gasteiger partial charge in [0.25, 0.3) is 0 Å². The monoisotopic (exact) mass is 252 g/mol. The minimum atomic E-state index is 0.488. The lowest BCUT2D eigenvalue weighted by molar-refractivity contribution is 0.286. The molecule has 0 fully saturated rings. The number of hydrogen-bond donors (Lipinski definition) is 1. The molecule has 0 amide bonds. The molecule has 0 radical (unpaired) electrons. The fourth-order valence-corrected chi connectivity index (χ4v) is 2.12. The van der Waals surface area contributed by atoms with E-state index < -0.39 is 0 Å². The molecule has 3 heteroatoms. The summed E-state index contributed by atoms with van der Waals surface area (Å²) in [5.74, 6) is 2.78. The Morgan fingerprint density at radius 3 is 2.50 bits per heavy atom. The van der Waals surface area contributed by atoms with Gasteiger partial charge in [0.15, 0.2) is 0 Å². The van der Waals surface area contributed by atoms with E-state index >= 15 is 0 Å². The van der Waals surface area contributed by atoms with Gasteiger partial charge < -0.3 is 14.6 Å². The highest BCUT2D eigenvalue weighted by Crippen LogP contribution is 2.16. The second-order valence-electron chi connectivity index (χ2n) is 5.92. The molecule has 0 spiro atoms. The van der Waals surface area contributed by atoms with Gasteiger partial charge in [0.2, 0.25) is 0 Å². The number of nitrogens with zero attached hydrogens (tertiary/aromatic N) is 1. The van der Waals surface area contributed by atoms with Gasteiger partial charge in [-0.3, -0.25) is 0 Å². The number of nitrogens with one attached hydrogen (secondary N) is 1. The molecule has 18 heavy (non-hydrogen) atoms. The Balaban J connectivity index is 2.55. The summed E-state index contributed by atoms with van der Waals surface area (Å²) in [5.41, 5.74) is 1.30. The molecule has 0 aliphatic rings. The van der Waals surface area contributed by atoms with Crippen LogP contribution in [0, 0.1) is 12.8 Å². The Labute approximate surface area is 112 Å². The highest BCUT2D eigenvalue weighted by molar-refractivity contribution is 5.20.